The molecule has 1 unspecified atom stereocenters. The molecule has 0 heterocycles. The van der Waals surface area contributed by atoms with Crippen LogP contribution in [0.2, 0.25) is 0 Å². The second kappa shape index (κ2) is 15.9. The van der Waals surface area contributed by atoms with Gasteiger partial charge in [-0.2, -0.15) is 0 Å². The zero-order valence-electron chi connectivity index (χ0n) is 13.4. The van der Waals surface area contributed by atoms with Gasteiger partial charge < -0.3 is 14.8 Å². The van der Waals surface area contributed by atoms with Gasteiger partial charge >= 0.3 is 0 Å². The van der Waals surface area contributed by atoms with Gasteiger partial charge in [0.25, 0.3) is 0 Å². The van der Waals surface area contributed by atoms with Gasteiger partial charge in [-0.05, 0) is 33.2 Å². The highest BCUT2D eigenvalue weighted by Crippen LogP contribution is 2.05. The molecule has 1 N–H and O–H groups in total. The first-order chi connectivity index (χ1) is 9.31. The van der Waals surface area contributed by atoms with Crippen LogP contribution >= 0.6 is 0 Å². The Morgan fingerprint density at radius 1 is 0.895 bits per heavy atom. The maximum atomic E-state index is 5.78. The molecule has 1 atom stereocenters. The summed E-state index contributed by atoms with van der Waals surface area (Å²) in [7, 11) is 0. The molecule has 0 saturated carbocycles. The van der Waals surface area contributed by atoms with Crippen LogP contribution in [0.25, 0.3) is 0 Å². The van der Waals surface area contributed by atoms with E-state index in [1.165, 1.54) is 38.5 Å². The molecule has 19 heavy (non-hydrogen) atoms. The maximum absolute atomic E-state index is 5.78. The average Bonchev–Trinajstić information content (AvgIpc) is 2.41. The van der Waals surface area contributed by atoms with Gasteiger partial charge in [0.05, 0.1) is 6.10 Å². The van der Waals surface area contributed by atoms with E-state index >= 15 is 0 Å². The molecule has 0 aromatic carbocycles. The smallest absolute Gasteiger partial charge is 0.0671 e. The van der Waals surface area contributed by atoms with Gasteiger partial charge in [-0.3, -0.25) is 0 Å². The molecule has 0 spiro atoms. The van der Waals surface area contributed by atoms with Crippen LogP contribution in [0.4, 0.5) is 0 Å². The molecule has 3 nitrogen and oxygen atoms in total. The lowest BCUT2D eigenvalue weighted by molar-refractivity contribution is 0.0624. The zero-order valence-corrected chi connectivity index (χ0v) is 13.4. The molecule has 0 aromatic rings. The second-order valence-electron chi connectivity index (χ2n) is 5.20. The molecule has 0 aliphatic rings. The summed E-state index contributed by atoms with van der Waals surface area (Å²) in [5.41, 5.74) is 0. The first kappa shape index (κ1) is 18.9. The molecule has 3 heteroatoms. The highest BCUT2D eigenvalue weighted by atomic mass is 16.5. The summed E-state index contributed by atoms with van der Waals surface area (Å²) in [4.78, 5) is 0. The number of hydrogen-bond acceptors (Lipinski definition) is 3. The largest absolute Gasteiger partial charge is 0.382 e. The Kier molecular flexibility index (Phi) is 15.8. The minimum atomic E-state index is 0.322. The van der Waals surface area contributed by atoms with Crippen LogP contribution in [-0.2, 0) is 9.47 Å². The van der Waals surface area contributed by atoms with Crippen molar-refractivity contribution in [2.45, 2.75) is 71.8 Å². The standard InChI is InChI=1S/C16H35NO2/c1-4-6-7-8-9-10-14-19-16(3)15-17-12-11-13-18-5-2/h16-17H,4-15H2,1-3H3. The predicted octanol–water partition coefficient (Wildman–Crippen LogP) is 3.77. The lowest BCUT2D eigenvalue weighted by Crippen LogP contribution is -2.28. The van der Waals surface area contributed by atoms with E-state index in [1.807, 2.05) is 6.92 Å². The first-order valence-corrected chi connectivity index (χ1v) is 8.21. The van der Waals surface area contributed by atoms with Crippen molar-refractivity contribution in [3.63, 3.8) is 0 Å². The van der Waals surface area contributed by atoms with Gasteiger partial charge in [0.2, 0.25) is 0 Å². The Balaban J connectivity index is 3.10. The fraction of sp³-hybridized carbons (Fsp3) is 1.00. The number of hydrogen-bond donors (Lipinski definition) is 1. The van der Waals surface area contributed by atoms with E-state index in [-0.39, 0.29) is 0 Å². The molecule has 0 fully saturated rings. The molecule has 0 amide bonds. The lowest BCUT2D eigenvalue weighted by Gasteiger charge is -2.14. The molecular weight excluding hydrogens is 238 g/mol. The summed E-state index contributed by atoms with van der Waals surface area (Å²) in [6.07, 6.45) is 9.37. The van der Waals surface area contributed by atoms with Crippen molar-refractivity contribution in [3.8, 4) is 0 Å². The van der Waals surface area contributed by atoms with E-state index in [2.05, 4.69) is 19.2 Å². The third-order valence-corrected chi connectivity index (χ3v) is 3.18. The van der Waals surface area contributed by atoms with Crippen molar-refractivity contribution in [3.05, 3.63) is 0 Å². The van der Waals surface area contributed by atoms with Gasteiger partial charge in [-0.1, -0.05) is 39.0 Å². The summed E-state index contributed by atoms with van der Waals surface area (Å²) < 4.78 is 11.1. The van der Waals surface area contributed by atoms with E-state index in [0.717, 1.165) is 39.3 Å². The number of ether oxygens (including phenoxy) is 2. The topological polar surface area (TPSA) is 30.5 Å². The Bertz CT molecular complexity index is 165. The van der Waals surface area contributed by atoms with Crippen LogP contribution < -0.4 is 5.32 Å². The Hall–Kier alpha value is -0.120. The number of rotatable bonds is 15. The summed E-state index contributed by atoms with van der Waals surface area (Å²) in [5.74, 6) is 0. The third-order valence-electron chi connectivity index (χ3n) is 3.18. The lowest BCUT2D eigenvalue weighted by atomic mass is 10.1. The van der Waals surface area contributed by atoms with E-state index in [0.29, 0.717) is 6.10 Å². The van der Waals surface area contributed by atoms with E-state index in [1.54, 1.807) is 0 Å². The summed E-state index contributed by atoms with van der Waals surface area (Å²) >= 11 is 0. The van der Waals surface area contributed by atoms with Crippen LogP contribution in [-0.4, -0.2) is 39.0 Å². The SMILES string of the molecule is CCCCCCCCOC(C)CNCCCOCC. The predicted molar refractivity (Wildman–Crippen MR) is 82.8 cm³/mol. The van der Waals surface area contributed by atoms with Crippen molar-refractivity contribution in [2.75, 3.05) is 32.9 Å². The average molecular weight is 273 g/mol. The summed E-state index contributed by atoms with van der Waals surface area (Å²) in [5, 5.41) is 3.41. The highest BCUT2D eigenvalue weighted by Gasteiger charge is 2.01. The monoisotopic (exact) mass is 273 g/mol. The minimum absolute atomic E-state index is 0.322. The van der Waals surface area contributed by atoms with Gasteiger partial charge in [0, 0.05) is 26.4 Å². The fourth-order valence-electron chi connectivity index (χ4n) is 1.97. The molecule has 0 rings (SSSR count). The Morgan fingerprint density at radius 2 is 1.63 bits per heavy atom. The van der Waals surface area contributed by atoms with Crippen LogP contribution in [0.3, 0.4) is 0 Å². The molecule has 0 saturated heterocycles. The van der Waals surface area contributed by atoms with Crippen LogP contribution in [0.15, 0.2) is 0 Å². The maximum Gasteiger partial charge on any atom is 0.0671 e. The molecular formula is C16H35NO2. The van der Waals surface area contributed by atoms with Crippen molar-refractivity contribution in [1.29, 1.82) is 0 Å². The minimum Gasteiger partial charge on any atom is -0.382 e. The highest BCUT2D eigenvalue weighted by molar-refractivity contribution is 4.56. The van der Waals surface area contributed by atoms with Crippen molar-refractivity contribution >= 4 is 0 Å². The zero-order chi connectivity index (χ0) is 14.2. The van der Waals surface area contributed by atoms with Gasteiger partial charge in [0.1, 0.15) is 0 Å². The third kappa shape index (κ3) is 15.8. The molecule has 0 aliphatic heterocycles. The molecule has 116 valence electrons. The van der Waals surface area contributed by atoms with E-state index in [9.17, 15) is 0 Å². The fourth-order valence-corrected chi connectivity index (χ4v) is 1.97. The van der Waals surface area contributed by atoms with Gasteiger partial charge in [0.15, 0.2) is 0 Å². The molecule has 0 aliphatic carbocycles. The quantitative estimate of drug-likeness (QED) is 0.461. The molecule has 0 aromatic heterocycles. The van der Waals surface area contributed by atoms with E-state index < -0.39 is 0 Å². The molecule has 0 radical (unpaired) electrons. The van der Waals surface area contributed by atoms with Crippen molar-refractivity contribution in [2.24, 2.45) is 0 Å². The van der Waals surface area contributed by atoms with Crippen molar-refractivity contribution < 1.29 is 9.47 Å². The van der Waals surface area contributed by atoms with Crippen molar-refractivity contribution in [1.82, 2.24) is 5.32 Å². The number of unbranched alkanes of at least 4 members (excludes halogenated alkanes) is 5. The number of nitrogens with one attached hydrogen (secondary N) is 1. The Morgan fingerprint density at radius 3 is 2.37 bits per heavy atom. The summed E-state index contributed by atoms with van der Waals surface area (Å²) in [6, 6.07) is 0. The van der Waals surface area contributed by atoms with E-state index in [4.69, 9.17) is 9.47 Å². The molecule has 0 bridgehead atoms. The second-order valence-corrected chi connectivity index (χ2v) is 5.20. The Labute approximate surface area is 120 Å². The first-order valence-electron chi connectivity index (χ1n) is 8.21. The normalized spacial score (nSPS) is 12.8. The van der Waals surface area contributed by atoms with Crippen LogP contribution in [0.1, 0.15) is 65.7 Å². The van der Waals surface area contributed by atoms with Crippen LogP contribution in [0, 0.1) is 0 Å². The van der Waals surface area contributed by atoms with Crippen LogP contribution in [0.5, 0.6) is 0 Å². The van der Waals surface area contributed by atoms with Gasteiger partial charge in [-0.25, -0.2) is 0 Å². The van der Waals surface area contributed by atoms with Gasteiger partial charge in [-0.15, -0.1) is 0 Å². The summed E-state index contributed by atoms with van der Waals surface area (Å²) in [6.45, 7) is 11.0.